The van der Waals surface area contributed by atoms with Crippen molar-refractivity contribution >= 4 is 22.2 Å². The van der Waals surface area contributed by atoms with E-state index in [0.29, 0.717) is 6.61 Å². The molecule has 3 rings (SSSR count). The van der Waals surface area contributed by atoms with Crippen molar-refractivity contribution in [3.8, 4) is 0 Å². The van der Waals surface area contributed by atoms with Crippen LogP contribution in [0.2, 0.25) is 0 Å². The molecule has 0 saturated heterocycles. The lowest BCUT2D eigenvalue weighted by Crippen LogP contribution is -1.93. The minimum atomic E-state index is 0.669. The van der Waals surface area contributed by atoms with Gasteiger partial charge in [-0.15, -0.1) is 0 Å². The third kappa shape index (κ3) is 4.85. The summed E-state index contributed by atoms with van der Waals surface area (Å²) in [6.45, 7) is 0.669. The molecule has 1 aliphatic rings. The molecule has 2 aromatic carbocycles. The van der Waals surface area contributed by atoms with Crippen LogP contribution in [-0.4, -0.2) is 13.7 Å². The van der Waals surface area contributed by atoms with E-state index >= 15 is 0 Å². The number of hydrogen-bond donors (Lipinski definition) is 0. The molecule has 0 aliphatic carbocycles. The van der Waals surface area contributed by atoms with Crippen molar-refractivity contribution in [2.75, 3.05) is 13.7 Å². The summed E-state index contributed by atoms with van der Waals surface area (Å²) < 4.78 is 5.00. The smallest absolute Gasteiger partial charge is 0.0643 e. The molecule has 1 heterocycles. The Bertz CT molecular complexity index is 813. The molecule has 0 atom stereocenters. The Morgan fingerprint density at radius 1 is 0.920 bits per heavy atom. The number of thioether (sulfide) groups is 1. The normalized spacial score (nSPS) is 15.7. The molecule has 0 amide bonds. The molecule has 1 nitrogen and oxygen atoms in total. The Hall–Kier alpha value is -2.29. The van der Waals surface area contributed by atoms with Gasteiger partial charge < -0.3 is 4.74 Å². The Balaban J connectivity index is 1.83. The van der Waals surface area contributed by atoms with Gasteiger partial charge in [-0.3, -0.25) is 0 Å². The number of allylic oxidation sites excluding steroid dienone is 6. The topological polar surface area (TPSA) is 9.23 Å². The highest BCUT2D eigenvalue weighted by molar-refractivity contribution is 8.08. The van der Waals surface area contributed by atoms with E-state index in [2.05, 4.69) is 85.0 Å². The van der Waals surface area contributed by atoms with Crippen molar-refractivity contribution in [2.24, 2.45) is 0 Å². The maximum Gasteiger partial charge on any atom is 0.0643 e. The van der Waals surface area contributed by atoms with Crippen LogP contribution in [0, 0.1) is 0 Å². The second-order valence-corrected chi connectivity index (χ2v) is 6.77. The van der Waals surface area contributed by atoms with Crippen molar-refractivity contribution in [1.82, 2.24) is 0 Å². The van der Waals surface area contributed by atoms with Gasteiger partial charge in [-0.05, 0) is 35.3 Å². The van der Waals surface area contributed by atoms with Crippen molar-refractivity contribution in [2.45, 2.75) is 11.3 Å². The second-order valence-electron chi connectivity index (χ2n) is 5.69. The number of rotatable bonds is 6. The molecule has 2 aromatic rings. The minimum absolute atomic E-state index is 0.669. The number of ether oxygens (including phenoxy) is 1. The zero-order chi connectivity index (χ0) is 17.3. The molecule has 25 heavy (non-hydrogen) atoms. The third-order valence-corrected chi connectivity index (χ3v) is 5.03. The maximum absolute atomic E-state index is 5.00. The van der Waals surface area contributed by atoms with E-state index in [1.165, 1.54) is 26.5 Å². The Morgan fingerprint density at radius 3 is 2.56 bits per heavy atom. The van der Waals surface area contributed by atoms with Crippen LogP contribution < -0.4 is 0 Å². The van der Waals surface area contributed by atoms with Gasteiger partial charge in [0.2, 0.25) is 0 Å². The van der Waals surface area contributed by atoms with Crippen molar-refractivity contribution in [1.29, 1.82) is 0 Å². The van der Waals surface area contributed by atoms with E-state index in [0.717, 1.165) is 6.42 Å². The SMILES string of the molecule is COC/C=C/C/C=C/C=C1/C=C(c2ccccc2)Sc2ccccc21. The molecule has 1 aliphatic heterocycles. The van der Waals surface area contributed by atoms with Crippen LogP contribution in [0.25, 0.3) is 10.5 Å². The molecule has 0 spiro atoms. The monoisotopic (exact) mass is 346 g/mol. The lowest BCUT2D eigenvalue weighted by Gasteiger charge is -2.18. The highest BCUT2D eigenvalue weighted by Crippen LogP contribution is 2.44. The first-order valence-electron chi connectivity index (χ1n) is 8.43. The van der Waals surface area contributed by atoms with E-state index in [-0.39, 0.29) is 0 Å². The third-order valence-electron chi connectivity index (χ3n) is 3.88. The largest absolute Gasteiger partial charge is 0.381 e. The lowest BCUT2D eigenvalue weighted by atomic mass is 10.0. The molecule has 0 saturated carbocycles. The number of methoxy groups -OCH3 is 1. The molecular formula is C23H22OS. The molecule has 2 heteroatoms. The number of benzene rings is 2. The molecular weight excluding hydrogens is 324 g/mol. The molecule has 126 valence electrons. The van der Waals surface area contributed by atoms with Crippen molar-refractivity contribution < 1.29 is 4.74 Å². The predicted octanol–water partition coefficient (Wildman–Crippen LogP) is 6.37. The average molecular weight is 346 g/mol. The predicted molar refractivity (Wildman–Crippen MR) is 109 cm³/mol. The molecule has 0 aromatic heterocycles. The zero-order valence-electron chi connectivity index (χ0n) is 14.4. The fourth-order valence-electron chi connectivity index (χ4n) is 2.63. The molecule has 0 fully saturated rings. The number of fused-ring (bicyclic) bond motifs is 1. The summed E-state index contributed by atoms with van der Waals surface area (Å²) in [5, 5.41) is 0. The van der Waals surface area contributed by atoms with Gasteiger partial charge in [-0.25, -0.2) is 0 Å². The average Bonchev–Trinajstić information content (AvgIpc) is 2.67. The van der Waals surface area contributed by atoms with E-state index in [4.69, 9.17) is 4.74 Å². The Morgan fingerprint density at radius 2 is 1.72 bits per heavy atom. The van der Waals surface area contributed by atoms with Gasteiger partial charge in [-0.1, -0.05) is 90.7 Å². The van der Waals surface area contributed by atoms with Gasteiger partial charge in [0.15, 0.2) is 0 Å². The summed E-state index contributed by atoms with van der Waals surface area (Å²) in [5.41, 5.74) is 3.82. The second kappa shape index (κ2) is 9.26. The summed E-state index contributed by atoms with van der Waals surface area (Å²) in [4.78, 5) is 2.60. The van der Waals surface area contributed by atoms with Gasteiger partial charge in [-0.2, -0.15) is 0 Å². The first-order chi connectivity index (χ1) is 12.4. The van der Waals surface area contributed by atoms with E-state index in [1.807, 2.05) is 17.8 Å². The molecule has 0 bridgehead atoms. The summed E-state index contributed by atoms with van der Waals surface area (Å²) in [6, 6.07) is 19.2. The van der Waals surface area contributed by atoms with Crippen LogP contribution in [0.15, 0.2) is 95.9 Å². The van der Waals surface area contributed by atoms with Crippen LogP contribution in [0.3, 0.4) is 0 Å². The zero-order valence-corrected chi connectivity index (χ0v) is 15.2. The summed E-state index contributed by atoms with van der Waals surface area (Å²) in [5.74, 6) is 0. The minimum Gasteiger partial charge on any atom is -0.381 e. The quantitative estimate of drug-likeness (QED) is 0.562. The first-order valence-corrected chi connectivity index (χ1v) is 9.25. The van der Waals surface area contributed by atoms with Crippen LogP contribution in [0.4, 0.5) is 0 Å². The summed E-state index contributed by atoms with van der Waals surface area (Å²) in [6.07, 6.45) is 13.9. The molecule has 0 radical (unpaired) electrons. The molecule has 0 unspecified atom stereocenters. The highest BCUT2D eigenvalue weighted by Gasteiger charge is 2.15. The summed E-state index contributed by atoms with van der Waals surface area (Å²) in [7, 11) is 1.71. The Kier molecular flexibility index (Phi) is 6.49. The maximum atomic E-state index is 5.00. The van der Waals surface area contributed by atoms with Gasteiger partial charge >= 0.3 is 0 Å². The van der Waals surface area contributed by atoms with Gasteiger partial charge in [0, 0.05) is 16.9 Å². The van der Waals surface area contributed by atoms with Crippen LogP contribution in [0.1, 0.15) is 17.5 Å². The standard InChI is InChI=1S/C23H22OS/c1-24-17-11-4-2-3-6-14-20-18-23(19-12-7-5-8-13-19)25-22-16-10-9-15-21(20)22/h3-16,18H,2,17H2,1H3/b6-3+,11-4+,20-14-. The van der Waals surface area contributed by atoms with Crippen LogP contribution >= 0.6 is 11.8 Å². The fraction of sp³-hybridized carbons (Fsp3) is 0.130. The lowest BCUT2D eigenvalue weighted by molar-refractivity contribution is 0.233. The highest BCUT2D eigenvalue weighted by atomic mass is 32.2. The van der Waals surface area contributed by atoms with Crippen LogP contribution in [-0.2, 0) is 4.74 Å². The van der Waals surface area contributed by atoms with Gasteiger partial charge in [0.25, 0.3) is 0 Å². The Labute approximate surface area is 154 Å². The van der Waals surface area contributed by atoms with Crippen molar-refractivity contribution in [3.05, 3.63) is 102 Å². The van der Waals surface area contributed by atoms with Gasteiger partial charge in [0.1, 0.15) is 0 Å². The van der Waals surface area contributed by atoms with Gasteiger partial charge in [0.05, 0.1) is 6.61 Å². The molecule has 0 N–H and O–H groups in total. The van der Waals surface area contributed by atoms with E-state index in [1.54, 1.807) is 7.11 Å². The summed E-state index contributed by atoms with van der Waals surface area (Å²) >= 11 is 1.84. The number of hydrogen-bond acceptors (Lipinski definition) is 2. The van der Waals surface area contributed by atoms with E-state index in [9.17, 15) is 0 Å². The van der Waals surface area contributed by atoms with Crippen molar-refractivity contribution in [3.63, 3.8) is 0 Å². The van der Waals surface area contributed by atoms with Crippen LogP contribution in [0.5, 0.6) is 0 Å². The van der Waals surface area contributed by atoms with E-state index < -0.39 is 0 Å². The fourth-order valence-corrected chi connectivity index (χ4v) is 3.75. The first kappa shape index (κ1) is 17.5.